The normalized spacial score (nSPS) is 18.2. The number of nitrogens with one attached hydrogen (secondary N) is 1. The molecule has 24 heavy (non-hydrogen) atoms. The fourth-order valence-electron chi connectivity index (χ4n) is 3.52. The van der Waals surface area contributed by atoms with Gasteiger partial charge >= 0.3 is 0 Å². The highest BCUT2D eigenvalue weighted by Gasteiger charge is 2.29. The molecule has 0 spiro atoms. The number of amides is 1. The number of rotatable bonds is 3. The van der Waals surface area contributed by atoms with Gasteiger partial charge < -0.3 is 14.5 Å². The van der Waals surface area contributed by atoms with Gasteiger partial charge in [-0.1, -0.05) is 12.1 Å². The van der Waals surface area contributed by atoms with E-state index in [1.807, 2.05) is 41.6 Å². The summed E-state index contributed by atoms with van der Waals surface area (Å²) in [6.07, 6.45) is 5.92. The van der Waals surface area contributed by atoms with Crippen LogP contribution in [0.1, 0.15) is 42.1 Å². The van der Waals surface area contributed by atoms with Crippen LogP contribution in [0.2, 0.25) is 0 Å². The molecule has 3 aromatic rings. The number of nitrogens with zero attached hydrogens (tertiary/aromatic N) is 4. The number of H-pyrrole nitrogens is 1. The summed E-state index contributed by atoms with van der Waals surface area (Å²) >= 11 is 0. The molecular formula is C18H21N5O. The summed E-state index contributed by atoms with van der Waals surface area (Å²) in [7, 11) is 0. The predicted molar refractivity (Wildman–Crippen MR) is 91.9 cm³/mol. The Bertz CT molecular complexity index is 832. The Labute approximate surface area is 140 Å². The van der Waals surface area contributed by atoms with Crippen molar-refractivity contribution in [1.29, 1.82) is 0 Å². The van der Waals surface area contributed by atoms with Crippen molar-refractivity contribution >= 4 is 16.9 Å². The number of hydrogen-bond donors (Lipinski definition) is 1. The zero-order valence-electron chi connectivity index (χ0n) is 13.8. The minimum Gasteiger partial charge on any atom is -0.335 e. The van der Waals surface area contributed by atoms with Gasteiger partial charge in [-0.2, -0.15) is 0 Å². The van der Waals surface area contributed by atoms with Gasteiger partial charge in [-0.15, -0.1) is 0 Å². The topological polar surface area (TPSA) is 66.8 Å². The van der Waals surface area contributed by atoms with E-state index in [2.05, 4.69) is 26.4 Å². The summed E-state index contributed by atoms with van der Waals surface area (Å²) in [6.45, 7) is 4.50. The van der Waals surface area contributed by atoms with Gasteiger partial charge in [0.05, 0.1) is 11.0 Å². The van der Waals surface area contributed by atoms with Crippen LogP contribution in [0.4, 0.5) is 0 Å². The number of carbonyl (C=O) groups is 1. The van der Waals surface area contributed by atoms with Gasteiger partial charge in [-0.25, -0.2) is 9.97 Å². The number of likely N-dealkylation sites (tertiary alicyclic amines) is 1. The number of aromatic amines is 1. The van der Waals surface area contributed by atoms with Crippen molar-refractivity contribution < 1.29 is 4.79 Å². The second-order valence-electron chi connectivity index (χ2n) is 6.26. The number of para-hydroxylation sites is 2. The van der Waals surface area contributed by atoms with Crippen LogP contribution in [0.5, 0.6) is 0 Å². The lowest BCUT2D eigenvalue weighted by Crippen LogP contribution is -2.40. The van der Waals surface area contributed by atoms with Gasteiger partial charge in [0.2, 0.25) is 0 Å². The number of fused-ring (bicyclic) bond motifs is 1. The van der Waals surface area contributed by atoms with Gasteiger partial charge in [0.25, 0.3) is 5.91 Å². The third-order valence-electron chi connectivity index (χ3n) is 4.75. The van der Waals surface area contributed by atoms with Crippen molar-refractivity contribution in [2.75, 3.05) is 13.1 Å². The molecule has 6 heteroatoms. The third-order valence-corrected chi connectivity index (χ3v) is 4.75. The van der Waals surface area contributed by atoms with Gasteiger partial charge in [0, 0.05) is 37.9 Å². The second kappa shape index (κ2) is 6.11. The molecule has 124 valence electrons. The molecule has 0 unspecified atom stereocenters. The number of carbonyl (C=O) groups excluding carboxylic acids is 1. The highest BCUT2D eigenvalue weighted by Crippen LogP contribution is 2.26. The van der Waals surface area contributed by atoms with Crippen molar-refractivity contribution in [2.45, 2.75) is 32.2 Å². The first-order valence-corrected chi connectivity index (χ1v) is 8.51. The lowest BCUT2D eigenvalue weighted by molar-refractivity contribution is 0.0692. The van der Waals surface area contributed by atoms with E-state index in [0.717, 1.165) is 42.8 Å². The van der Waals surface area contributed by atoms with Crippen molar-refractivity contribution in [3.05, 3.63) is 48.3 Å². The number of hydrogen-bond acceptors (Lipinski definition) is 3. The molecule has 1 aliphatic heterocycles. The summed E-state index contributed by atoms with van der Waals surface area (Å²) in [5.74, 6) is 1.78. The predicted octanol–water partition coefficient (Wildman–Crippen LogP) is 2.80. The molecule has 1 aliphatic rings. The summed E-state index contributed by atoms with van der Waals surface area (Å²) < 4.78 is 2.17. The van der Waals surface area contributed by atoms with Crippen LogP contribution in [0, 0.1) is 0 Å². The summed E-state index contributed by atoms with van der Waals surface area (Å²) in [5.41, 5.74) is 1.73. The molecule has 0 saturated carbocycles. The summed E-state index contributed by atoms with van der Waals surface area (Å²) in [6, 6.07) is 7.73. The van der Waals surface area contributed by atoms with E-state index in [9.17, 15) is 4.79 Å². The molecule has 1 atom stereocenters. The van der Waals surface area contributed by atoms with Crippen molar-refractivity contribution in [1.82, 2.24) is 24.4 Å². The molecule has 1 saturated heterocycles. The smallest absolute Gasteiger partial charge is 0.289 e. The number of aryl methyl sites for hydroxylation is 1. The number of piperidine rings is 1. The van der Waals surface area contributed by atoms with E-state index >= 15 is 0 Å². The first kappa shape index (κ1) is 14.9. The van der Waals surface area contributed by atoms with Crippen molar-refractivity contribution in [3.63, 3.8) is 0 Å². The summed E-state index contributed by atoms with van der Waals surface area (Å²) in [4.78, 5) is 26.8. The van der Waals surface area contributed by atoms with Crippen LogP contribution in [0.3, 0.4) is 0 Å². The molecule has 1 amide bonds. The van der Waals surface area contributed by atoms with Crippen LogP contribution < -0.4 is 0 Å². The molecule has 0 radical (unpaired) electrons. The molecule has 3 heterocycles. The minimum absolute atomic E-state index is 0.0227. The molecule has 1 N–H and O–H groups in total. The molecule has 1 aromatic carbocycles. The lowest BCUT2D eigenvalue weighted by Gasteiger charge is -2.32. The lowest BCUT2D eigenvalue weighted by atomic mass is 9.97. The standard InChI is InChI=1S/C18H21N5O/c1-2-22-11-9-19-17(22)13-6-5-10-23(12-13)18(24)16-20-14-7-3-4-8-15(14)21-16/h3-4,7-9,11,13H,2,5-6,10,12H2,1H3,(H,20,21)/t13-/m1/s1. The number of aromatic nitrogens is 4. The maximum Gasteiger partial charge on any atom is 0.289 e. The van der Waals surface area contributed by atoms with Gasteiger partial charge in [-0.3, -0.25) is 4.79 Å². The van der Waals surface area contributed by atoms with E-state index in [0.29, 0.717) is 18.3 Å². The maximum atomic E-state index is 12.8. The van der Waals surface area contributed by atoms with E-state index in [1.54, 1.807) is 0 Å². The van der Waals surface area contributed by atoms with Crippen LogP contribution in [-0.2, 0) is 6.54 Å². The second-order valence-corrected chi connectivity index (χ2v) is 6.26. The Morgan fingerprint density at radius 2 is 2.25 bits per heavy atom. The first-order valence-electron chi connectivity index (χ1n) is 8.51. The van der Waals surface area contributed by atoms with Gasteiger partial charge in [0.1, 0.15) is 5.82 Å². The highest BCUT2D eigenvalue weighted by molar-refractivity contribution is 5.94. The molecule has 0 aliphatic carbocycles. The average Bonchev–Trinajstić information content (AvgIpc) is 3.27. The summed E-state index contributed by atoms with van der Waals surface area (Å²) in [5, 5.41) is 0. The average molecular weight is 323 g/mol. The SMILES string of the molecule is CCn1ccnc1[C@@H]1CCCN(C(=O)c2nc3ccccc3[nH]2)C1. The molecule has 6 nitrogen and oxygen atoms in total. The Kier molecular flexibility index (Phi) is 3.80. The highest BCUT2D eigenvalue weighted by atomic mass is 16.2. The largest absolute Gasteiger partial charge is 0.335 e. The van der Waals surface area contributed by atoms with Crippen LogP contribution in [-0.4, -0.2) is 43.4 Å². The van der Waals surface area contributed by atoms with Gasteiger partial charge in [0.15, 0.2) is 5.82 Å². The Hall–Kier alpha value is -2.63. The van der Waals surface area contributed by atoms with E-state index in [1.165, 1.54) is 0 Å². The minimum atomic E-state index is -0.0227. The Balaban J connectivity index is 1.56. The number of imidazole rings is 2. The zero-order chi connectivity index (χ0) is 16.5. The fraction of sp³-hybridized carbons (Fsp3) is 0.389. The Morgan fingerprint density at radius 1 is 1.38 bits per heavy atom. The first-order chi connectivity index (χ1) is 11.8. The van der Waals surface area contributed by atoms with E-state index in [-0.39, 0.29) is 5.91 Å². The van der Waals surface area contributed by atoms with Crippen molar-refractivity contribution in [3.8, 4) is 0 Å². The third kappa shape index (κ3) is 2.58. The number of benzene rings is 1. The Morgan fingerprint density at radius 3 is 3.08 bits per heavy atom. The molecule has 0 bridgehead atoms. The van der Waals surface area contributed by atoms with Crippen LogP contribution >= 0.6 is 0 Å². The monoisotopic (exact) mass is 323 g/mol. The van der Waals surface area contributed by atoms with Gasteiger partial charge in [-0.05, 0) is 31.9 Å². The van der Waals surface area contributed by atoms with Crippen LogP contribution in [0.25, 0.3) is 11.0 Å². The van der Waals surface area contributed by atoms with Crippen LogP contribution in [0.15, 0.2) is 36.7 Å². The molecule has 1 fully saturated rings. The molecule has 4 rings (SSSR count). The zero-order valence-corrected chi connectivity index (χ0v) is 13.8. The maximum absolute atomic E-state index is 12.8. The molecule has 2 aromatic heterocycles. The molecular weight excluding hydrogens is 302 g/mol. The van der Waals surface area contributed by atoms with E-state index in [4.69, 9.17) is 0 Å². The fourth-order valence-corrected chi connectivity index (χ4v) is 3.52. The quantitative estimate of drug-likeness (QED) is 0.806. The van der Waals surface area contributed by atoms with Crippen molar-refractivity contribution in [2.24, 2.45) is 0 Å². The van der Waals surface area contributed by atoms with E-state index < -0.39 is 0 Å².